The van der Waals surface area contributed by atoms with E-state index in [1.165, 1.54) is 4.90 Å². The van der Waals surface area contributed by atoms with Crippen molar-refractivity contribution in [3.63, 3.8) is 0 Å². The quantitative estimate of drug-likeness (QED) is 0.837. The second-order valence-corrected chi connectivity index (χ2v) is 5.12. The second-order valence-electron chi connectivity index (χ2n) is 5.12. The molecular weight excluding hydrogens is 299 g/mol. The van der Waals surface area contributed by atoms with Crippen molar-refractivity contribution >= 4 is 11.8 Å². The minimum absolute atomic E-state index is 0.172. The van der Waals surface area contributed by atoms with E-state index in [0.29, 0.717) is 19.2 Å². The molecule has 120 valence electrons. The Morgan fingerprint density at radius 2 is 1.64 bits per heavy atom. The molecule has 0 bridgehead atoms. The number of benzene rings is 1. The Bertz CT molecular complexity index is 601. The highest BCUT2D eigenvalue weighted by atomic mass is 19.2. The number of nitrogens with zero attached hydrogens (tertiary/aromatic N) is 2. The van der Waals surface area contributed by atoms with Gasteiger partial charge in [0.25, 0.3) is 5.91 Å². The number of nitrogens with two attached hydrogens (primary N) is 1. The average Bonchev–Trinajstić information content (AvgIpc) is 2.50. The molecule has 0 radical (unpaired) electrons. The lowest BCUT2D eigenvalue weighted by Gasteiger charge is -2.37. The van der Waals surface area contributed by atoms with E-state index in [9.17, 15) is 22.8 Å². The Hall–Kier alpha value is -2.09. The molecule has 1 aliphatic heterocycles. The number of hydrogen-bond acceptors (Lipinski definition) is 3. The maximum atomic E-state index is 13.6. The number of piperazine rings is 1. The predicted octanol–water partition coefficient (Wildman–Crippen LogP) is 0.736. The van der Waals surface area contributed by atoms with Crippen molar-refractivity contribution in [3.05, 3.63) is 35.1 Å². The topological polar surface area (TPSA) is 66.6 Å². The van der Waals surface area contributed by atoms with Gasteiger partial charge in [-0.1, -0.05) is 0 Å². The zero-order valence-electron chi connectivity index (χ0n) is 12.0. The van der Waals surface area contributed by atoms with Crippen LogP contribution in [-0.2, 0) is 4.79 Å². The van der Waals surface area contributed by atoms with Crippen LogP contribution < -0.4 is 5.73 Å². The highest BCUT2D eigenvalue weighted by molar-refractivity contribution is 5.95. The first-order chi connectivity index (χ1) is 10.3. The Morgan fingerprint density at radius 3 is 2.18 bits per heavy atom. The first kappa shape index (κ1) is 16.3. The van der Waals surface area contributed by atoms with E-state index < -0.39 is 40.9 Å². The van der Waals surface area contributed by atoms with Crippen LogP contribution in [0.2, 0.25) is 0 Å². The molecule has 2 N–H and O–H groups in total. The molecule has 22 heavy (non-hydrogen) atoms. The van der Waals surface area contributed by atoms with Gasteiger partial charge in [0.2, 0.25) is 5.91 Å². The van der Waals surface area contributed by atoms with E-state index in [0.717, 1.165) is 6.07 Å². The van der Waals surface area contributed by atoms with Gasteiger partial charge < -0.3 is 10.6 Å². The maximum Gasteiger partial charge on any atom is 0.260 e. The second kappa shape index (κ2) is 6.35. The molecule has 0 unspecified atom stereocenters. The summed E-state index contributed by atoms with van der Waals surface area (Å²) in [6, 6.07) is 0.866. The number of carbonyl (C=O) groups is 2. The maximum absolute atomic E-state index is 13.6. The Kier molecular flexibility index (Phi) is 4.70. The molecule has 0 aromatic heterocycles. The third kappa shape index (κ3) is 3.06. The van der Waals surface area contributed by atoms with Crippen molar-refractivity contribution in [1.82, 2.24) is 9.80 Å². The largest absolute Gasteiger partial charge is 0.368 e. The molecule has 2 amide bonds. The summed E-state index contributed by atoms with van der Waals surface area (Å²) in [5, 5.41) is 0. The molecular formula is C14H16F3N3O2. The van der Waals surface area contributed by atoms with E-state index in [2.05, 4.69) is 0 Å². The molecule has 1 aromatic carbocycles. The van der Waals surface area contributed by atoms with Crippen molar-refractivity contribution in [2.75, 3.05) is 26.2 Å². The van der Waals surface area contributed by atoms with E-state index >= 15 is 0 Å². The van der Waals surface area contributed by atoms with Crippen molar-refractivity contribution < 1.29 is 22.8 Å². The van der Waals surface area contributed by atoms with Crippen LogP contribution in [0.15, 0.2) is 12.1 Å². The summed E-state index contributed by atoms with van der Waals surface area (Å²) in [7, 11) is 0. The molecule has 1 atom stereocenters. The lowest BCUT2D eigenvalue weighted by molar-refractivity contribution is -0.123. The summed E-state index contributed by atoms with van der Waals surface area (Å²) < 4.78 is 40.4. The van der Waals surface area contributed by atoms with Gasteiger partial charge in [0, 0.05) is 26.2 Å². The van der Waals surface area contributed by atoms with E-state index in [4.69, 9.17) is 5.73 Å². The molecule has 1 heterocycles. The lowest BCUT2D eigenvalue weighted by Crippen LogP contribution is -2.54. The molecule has 1 fully saturated rings. The summed E-state index contributed by atoms with van der Waals surface area (Å²) in [5.74, 6) is -5.25. The summed E-state index contributed by atoms with van der Waals surface area (Å²) in [6.45, 7) is 2.67. The summed E-state index contributed by atoms with van der Waals surface area (Å²) in [6.07, 6.45) is 0. The van der Waals surface area contributed by atoms with Gasteiger partial charge in [0.05, 0.1) is 6.04 Å². The van der Waals surface area contributed by atoms with Crippen molar-refractivity contribution in [2.45, 2.75) is 13.0 Å². The van der Waals surface area contributed by atoms with Crippen LogP contribution in [0, 0.1) is 17.5 Å². The zero-order chi connectivity index (χ0) is 16.4. The van der Waals surface area contributed by atoms with Gasteiger partial charge in [0.15, 0.2) is 11.6 Å². The molecule has 8 heteroatoms. The number of hydrogen-bond donors (Lipinski definition) is 1. The molecule has 1 saturated heterocycles. The molecule has 1 aromatic rings. The molecule has 0 spiro atoms. The summed E-state index contributed by atoms with van der Waals surface area (Å²) in [4.78, 5) is 26.3. The van der Waals surface area contributed by atoms with Gasteiger partial charge in [-0.2, -0.15) is 0 Å². The van der Waals surface area contributed by atoms with Crippen LogP contribution in [-0.4, -0.2) is 53.8 Å². The normalized spacial score (nSPS) is 17.4. The van der Waals surface area contributed by atoms with Gasteiger partial charge in [-0.3, -0.25) is 14.5 Å². The lowest BCUT2D eigenvalue weighted by atomic mass is 10.1. The van der Waals surface area contributed by atoms with Crippen LogP contribution in [0.3, 0.4) is 0 Å². The minimum atomic E-state index is -1.49. The van der Waals surface area contributed by atoms with E-state index in [1.54, 1.807) is 11.8 Å². The van der Waals surface area contributed by atoms with Crippen LogP contribution in [0.25, 0.3) is 0 Å². The molecule has 5 nitrogen and oxygen atoms in total. The van der Waals surface area contributed by atoms with Crippen LogP contribution in [0.1, 0.15) is 17.3 Å². The van der Waals surface area contributed by atoms with Gasteiger partial charge in [-0.05, 0) is 19.1 Å². The number of carbonyl (C=O) groups excluding carboxylic acids is 2. The number of primary amides is 1. The monoisotopic (exact) mass is 315 g/mol. The fraction of sp³-hybridized carbons (Fsp3) is 0.429. The van der Waals surface area contributed by atoms with Crippen molar-refractivity contribution in [2.24, 2.45) is 5.73 Å². The predicted molar refractivity (Wildman–Crippen MR) is 72.4 cm³/mol. The molecule has 0 saturated carbocycles. The minimum Gasteiger partial charge on any atom is -0.368 e. The first-order valence-corrected chi connectivity index (χ1v) is 6.79. The first-order valence-electron chi connectivity index (χ1n) is 6.79. The fourth-order valence-corrected chi connectivity index (χ4v) is 2.37. The highest BCUT2D eigenvalue weighted by Crippen LogP contribution is 2.19. The van der Waals surface area contributed by atoms with E-state index in [-0.39, 0.29) is 13.1 Å². The van der Waals surface area contributed by atoms with Crippen LogP contribution >= 0.6 is 0 Å². The molecule has 0 aliphatic carbocycles. The standard InChI is InChI=1S/C14H16F3N3O2/c1-8(13(18)21)19-4-6-20(7-5-19)14(22)11-9(15)2-3-10(16)12(11)17/h2-3,8H,4-7H2,1H3,(H2,18,21)/t8-/m0/s1. The van der Waals surface area contributed by atoms with Gasteiger partial charge in [0.1, 0.15) is 11.4 Å². The third-order valence-electron chi connectivity index (χ3n) is 3.82. The number of rotatable bonds is 3. The molecule has 1 aliphatic rings. The number of amides is 2. The average molecular weight is 315 g/mol. The zero-order valence-corrected chi connectivity index (χ0v) is 12.0. The van der Waals surface area contributed by atoms with E-state index in [1.807, 2.05) is 0 Å². The third-order valence-corrected chi connectivity index (χ3v) is 3.82. The SMILES string of the molecule is C[C@@H](C(N)=O)N1CCN(C(=O)c2c(F)ccc(F)c2F)CC1. The Labute approximate surface area is 125 Å². The van der Waals surface area contributed by atoms with Crippen LogP contribution in [0.4, 0.5) is 13.2 Å². The van der Waals surface area contributed by atoms with Crippen molar-refractivity contribution in [1.29, 1.82) is 0 Å². The van der Waals surface area contributed by atoms with Gasteiger partial charge in [-0.25, -0.2) is 13.2 Å². The van der Waals surface area contributed by atoms with Gasteiger partial charge in [-0.15, -0.1) is 0 Å². The van der Waals surface area contributed by atoms with Gasteiger partial charge >= 0.3 is 0 Å². The molecule has 2 rings (SSSR count). The summed E-state index contributed by atoms with van der Waals surface area (Å²) in [5.41, 5.74) is 4.31. The van der Waals surface area contributed by atoms with Crippen molar-refractivity contribution in [3.8, 4) is 0 Å². The smallest absolute Gasteiger partial charge is 0.260 e. The Morgan fingerprint density at radius 1 is 1.09 bits per heavy atom. The Balaban J connectivity index is 2.11. The fourth-order valence-electron chi connectivity index (χ4n) is 2.37. The highest BCUT2D eigenvalue weighted by Gasteiger charge is 2.30. The number of halogens is 3. The van der Waals surface area contributed by atoms with Crippen LogP contribution in [0.5, 0.6) is 0 Å². The summed E-state index contributed by atoms with van der Waals surface area (Å²) >= 11 is 0.